The Kier molecular flexibility index (Phi) is 4.78. The van der Waals surface area contributed by atoms with Crippen LogP contribution < -0.4 is 0 Å². The van der Waals surface area contributed by atoms with Gasteiger partial charge in [0.15, 0.2) is 11.5 Å². The molecule has 0 amide bonds. The molecule has 1 N–H and O–H groups in total. The first-order chi connectivity index (χ1) is 13.4. The van der Waals surface area contributed by atoms with Crippen LogP contribution in [0.4, 0.5) is 8.78 Å². The summed E-state index contributed by atoms with van der Waals surface area (Å²) >= 11 is 6.14. The number of carbonyl (C=O) groups excluding carboxylic acids is 2. The van der Waals surface area contributed by atoms with Crippen molar-refractivity contribution in [3.8, 4) is 0 Å². The molecule has 160 valence electrons. The summed E-state index contributed by atoms with van der Waals surface area (Å²) in [6.45, 7) is 5.17. The minimum absolute atomic E-state index is 0.0393. The molecule has 0 aromatic heterocycles. The monoisotopic (exact) mass is 428 g/mol. The Labute approximate surface area is 174 Å². The van der Waals surface area contributed by atoms with Gasteiger partial charge in [-0.2, -0.15) is 0 Å². The minimum Gasteiger partial charge on any atom is -0.466 e. The van der Waals surface area contributed by atoms with E-state index < -0.39 is 35.1 Å². The molecule has 0 spiro atoms. The van der Waals surface area contributed by atoms with E-state index in [1.165, 1.54) is 19.1 Å². The highest BCUT2D eigenvalue weighted by atomic mass is 35.5. The second-order valence-corrected chi connectivity index (χ2v) is 10.2. The molecule has 7 heteroatoms. The quantitative estimate of drug-likeness (QED) is 0.674. The van der Waals surface area contributed by atoms with Crippen LogP contribution in [-0.4, -0.2) is 41.4 Å². The molecule has 0 aliphatic heterocycles. The lowest BCUT2D eigenvalue weighted by Gasteiger charge is -2.62. The summed E-state index contributed by atoms with van der Waals surface area (Å²) in [7, 11) is 0. The fraction of sp³-hybridized carbons (Fsp3) is 0.727. The predicted octanol–water partition coefficient (Wildman–Crippen LogP) is 4.05. The van der Waals surface area contributed by atoms with E-state index in [-0.39, 0.29) is 53.3 Å². The zero-order valence-corrected chi connectivity index (χ0v) is 17.6. The fourth-order valence-corrected chi connectivity index (χ4v) is 7.26. The number of hydrogen-bond acceptors (Lipinski definition) is 4. The maximum Gasteiger partial charge on any atom is 0.302 e. The molecule has 3 fully saturated rings. The van der Waals surface area contributed by atoms with E-state index in [1.54, 1.807) is 6.92 Å². The molecule has 4 aliphatic carbocycles. The van der Waals surface area contributed by atoms with Gasteiger partial charge in [-0.25, -0.2) is 8.78 Å². The number of esters is 1. The summed E-state index contributed by atoms with van der Waals surface area (Å²) in [6, 6.07) is 0. The van der Waals surface area contributed by atoms with Crippen molar-refractivity contribution in [1.29, 1.82) is 0 Å². The highest BCUT2D eigenvalue weighted by Gasteiger charge is 2.71. The van der Waals surface area contributed by atoms with Gasteiger partial charge < -0.3 is 9.84 Å². The first-order valence-electron chi connectivity index (χ1n) is 10.2. The highest BCUT2D eigenvalue weighted by molar-refractivity contribution is 6.45. The van der Waals surface area contributed by atoms with Crippen molar-refractivity contribution in [2.75, 3.05) is 6.61 Å². The summed E-state index contributed by atoms with van der Waals surface area (Å²) in [5, 5.41) is 10.8. The molecule has 0 unspecified atom stereocenters. The van der Waals surface area contributed by atoms with Crippen LogP contribution in [0.5, 0.6) is 0 Å². The number of halogens is 3. The molecule has 0 bridgehead atoms. The maximum atomic E-state index is 16.9. The number of fused-ring (bicyclic) bond motifs is 5. The number of ether oxygens (including phenoxy) is 1. The largest absolute Gasteiger partial charge is 0.466 e. The number of aliphatic hydroxyl groups excluding tert-OH is 1. The van der Waals surface area contributed by atoms with Crippen molar-refractivity contribution in [2.45, 2.75) is 64.4 Å². The molecule has 29 heavy (non-hydrogen) atoms. The third-order valence-corrected chi connectivity index (χ3v) is 8.47. The first-order valence-corrected chi connectivity index (χ1v) is 10.6. The predicted molar refractivity (Wildman–Crippen MR) is 104 cm³/mol. The van der Waals surface area contributed by atoms with Gasteiger partial charge in [-0.15, -0.1) is 0 Å². The van der Waals surface area contributed by atoms with E-state index in [9.17, 15) is 14.7 Å². The second-order valence-electron chi connectivity index (χ2n) is 9.79. The number of hydrogen-bond donors (Lipinski definition) is 1. The van der Waals surface area contributed by atoms with E-state index in [1.807, 2.05) is 6.92 Å². The molecular weight excluding hydrogens is 402 g/mol. The summed E-state index contributed by atoms with van der Waals surface area (Å²) in [5.74, 6) is -1.71. The lowest BCUT2D eigenvalue weighted by atomic mass is 9.45. The number of ketones is 1. The zero-order valence-electron chi connectivity index (χ0n) is 16.9. The number of aliphatic hydroxyl groups is 1. The van der Waals surface area contributed by atoms with Gasteiger partial charge in [0.25, 0.3) is 0 Å². The molecule has 0 aromatic rings. The average Bonchev–Trinajstić information content (AvgIpc) is 2.96. The van der Waals surface area contributed by atoms with Crippen molar-refractivity contribution >= 4 is 23.4 Å². The van der Waals surface area contributed by atoms with E-state index in [4.69, 9.17) is 16.3 Å². The van der Waals surface area contributed by atoms with E-state index in [0.717, 1.165) is 0 Å². The van der Waals surface area contributed by atoms with Gasteiger partial charge in [-0.1, -0.05) is 24.6 Å². The summed E-state index contributed by atoms with van der Waals surface area (Å²) < 4.78 is 37.4. The van der Waals surface area contributed by atoms with Crippen LogP contribution in [-0.2, 0) is 14.3 Å². The number of allylic oxidation sites excluding steroid dienone is 4. The topological polar surface area (TPSA) is 63.6 Å². The van der Waals surface area contributed by atoms with Crippen molar-refractivity contribution in [1.82, 2.24) is 0 Å². The van der Waals surface area contributed by atoms with Gasteiger partial charge in [0.2, 0.25) is 0 Å². The Morgan fingerprint density at radius 1 is 1.31 bits per heavy atom. The molecule has 4 aliphatic rings. The van der Waals surface area contributed by atoms with Gasteiger partial charge >= 0.3 is 5.97 Å². The van der Waals surface area contributed by atoms with Crippen LogP contribution in [0.2, 0.25) is 0 Å². The third-order valence-electron chi connectivity index (χ3n) is 8.08. The lowest BCUT2D eigenvalue weighted by molar-refractivity contribution is -0.196. The summed E-state index contributed by atoms with van der Waals surface area (Å²) in [5.41, 5.74) is -4.00. The van der Waals surface area contributed by atoms with Crippen LogP contribution >= 0.6 is 11.6 Å². The SMILES string of the molecule is CC(=O)OC[C@@H]1C[C@H]2[C@@H]3C[C@H](F)C4=C(Cl)C(=O)C=C[C@]4(C)[C@@]3(F)[C@@H](O)C[C@]2(C)C1. The zero-order chi connectivity index (χ0) is 21.4. The maximum absolute atomic E-state index is 16.9. The molecule has 0 heterocycles. The third kappa shape index (κ3) is 2.78. The molecule has 3 saturated carbocycles. The molecular formula is C22H27ClF2O4. The van der Waals surface area contributed by atoms with Crippen LogP contribution in [0.25, 0.3) is 0 Å². The second kappa shape index (κ2) is 6.61. The number of rotatable bonds is 2. The van der Waals surface area contributed by atoms with Gasteiger partial charge in [0.05, 0.1) is 17.7 Å². The average molecular weight is 429 g/mol. The summed E-state index contributed by atoms with van der Waals surface area (Å²) in [4.78, 5) is 23.2. The standard InChI is InChI=1S/C22H27ClF2O4/c1-11(26)29-10-12-6-13-14-7-15(24)18-19(23)16(27)4-5-21(18,3)22(14,25)17(28)9-20(13,2)8-12/h4-5,12-15,17,28H,6-10H2,1-3H3/t12-,13+,14+,15+,17+,20+,21+,22+/m1/s1. The van der Waals surface area contributed by atoms with E-state index in [0.29, 0.717) is 12.8 Å². The summed E-state index contributed by atoms with van der Waals surface area (Å²) in [6.07, 6.45) is 1.17. The van der Waals surface area contributed by atoms with Crippen molar-refractivity contribution < 1.29 is 28.2 Å². The van der Waals surface area contributed by atoms with Crippen LogP contribution in [0.3, 0.4) is 0 Å². The highest BCUT2D eigenvalue weighted by Crippen LogP contribution is 2.69. The fourth-order valence-electron chi connectivity index (χ4n) is 6.89. The number of alkyl halides is 2. The van der Waals surface area contributed by atoms with Crippen LogP contribution in [0.15, 0.2) is 22.8 Å². The van der Waals surface area contributed by atoms with Gasteiger partial charge in [-0.3, -0.25) is 9.59 Å². The molecule has 0 aromatic carbocycles. The molecule has 8 atom stereocenters. The van der Waals surface area contributed by atoms with Crippen molar-refractivity contribution in [2.24, 2.45) is 28.6 Å². The lowest BCUT2D eigenvalue weighted by Crippen LogP contribution is -2.67. The molecule has 4 nitrogen and oxygen atoms in total. The normalized spacial score (nSPS) is 48.8. The molecule has 4 rings (SSSR count). The number of carbonyl (C=O) groups is 2. The Morgan fingerprint density at radius 3 is 2.66 bits per heavy atom. The Hall–Kier alpha value is -1.27. The van der Waals surface area contributed by atoms with Gasteiger partial charge in [0.1, 0.15) is 6.17 Å². The van der Waals surface area contributed by atoms with Gasteiger partial charge in [-0.05, 0) is 61.5 Å². The Morgan fingerprint density at radius 2 is 2.00 bits per heavy atom. The van der Waals surface area contributed by atoms with Crippen LogP contribution in [0.1, 0.15) is 46.5 Å². The first kappa shape index (κ1) is 21.0. The minimum atomic E-state index is -2.12. The van der Waals surface area contributed by atoms with Crippen molar-refractivity contribution in [3.05, 3.63) is 22.8 Å². The van der Waals surface area contributed by atoms with E-state index in [2.05, 4.69) is 0 Å². The van der Waals surface area contributed by atoms with E-state index >= 15 is 8.78 Å². The van der Waals surface area contributed by atoms with Gasteiger partial charge in [0, 0.05) is 18.3 Å². The molecule has 0 saturated heterocycles. The molecule has 0 radical (unpaired) electrons. The smallest absolute Gasteiger partial charge is 0.302 e. The Bertz CT molecular complexity index is 826. The Balaban J connectivity index is 1.74. The van der Waals surface area contributed by atoms with Crippen LogP contribution in [0, 0.1) is 28.6 Å². The van der Waals surface area contributed by atoms with Crippen molar-refractivity contribution in [3.63, 3.8) is 0 Å².